The third-order valence-electron chi connectivity index (χ3n) is 4.10. The molecule has 3 aromatic rings. The van der Waals surface area contributed by atoms with E-state index in [1.807, 2.05) is 22.9 Å². The topological polar surface area (TPSA) is 75.4 Å². The van der Waals surface area contributed by atoms with Gasteiger partial charge >= 0.3 is 5.97 Å². The summed E-state index contributed by atoms with van der Waals surface area (Å²) in [6.45, 7) is 6.15. The molecule has 0 bridgehead atoms. The van der Waals surface area contributed by atoms with E-state index in [4.69, 9.17) is 5.11 Å². The molecular formula is C20H20N2O3. The van der Waals surface area contributed by atoms with Crippen LogP contribution in [0.4, 0.5) is 0 Å². The zero-order chi connectivity index (χ0) is 18.2. The summed E-state index contributed by atoms with van der Waals surface area (Å²) < 4.78 is 1.88. The van der Waals surface area contributed by atoms with Gasteiger partial charge in [-0.05, 0) is 35.7 Å². The second kappa shape index (κ2) is 6.09. The molecule has 0 saturated carbocycles. The normalized spacial score (nSPS) is 11.5. The lowest BCUT2D eigenvalue weighted by atomic mass is 9.86. The molecule has 0 unspecified atom stereocenters. The molecule has 0 spiro atoms. The highest BCUT2D eigenvalue weighted by molar-refractivity contribution is 5.88. The molecule has 0 amide bonds. The van der Waals surface area contributed by atoms with Gasteiger partial charge in [-0.3, -0.25) is 0 Å². The molecular weight excluding hydrogens is 316 g/mol. The third-order valence-corrected chi connectivity index (χ3v) is 4.10. The third kappa shape index (κ3) is 3.40. The summed E-state index contributed by atoms with van der Waals surface area (Å²) in [5.74, 6) is -0.670. The number of benzene rings is 2. The first-order chi connectivity index (χ1) is 11.8. The Hall–Kier alpha value is -3.08. The number of carboxylic acids is 1. The van der Waals surface area contributed by atoms with Crippen LogP contribution in [0.3, 0.4) is 0 Å². The standard InChI is InChI=1S/C20H20N2O3/c1-20(2,3)16-10-15(8-9-18(16)23)22-11-17(21-12-22)13-4-6-14(7-5-13)19(24)25/h4-12,23H,1-3H3,(H,24,25). The smallest absolute Gasteiger partial charge is 0.335 e. The van der Waals surface area contributed by atoms with Crippen molar-refractivity contribution in [1.29, 1.82) is 0 Å². The van der Waals surface area contributed by atoms with Gasteiger partial charge in [0.05, 0.1) is 17.6 Å². The number of carboxylic acid groups (broad SMARTS) is 1. The maximum Gasteiger partial charge on any atom is 0.335 e. The molecule has 0 fully saturated rings. The van der Waals surface area contributed by atoms with Crippen LogP contribution >= 0.6 is 0 Å². The van der Waals surface area contributed by atoms with E-state index in [9.17, 15) is 9.90 Å². The molecule has 128 valence electrons. The van der Waals surface area contributed by atoms with Crippen molar-refractivity contribution in [1.82, 2.24) is 9.55 Å². The van der Waals surface area contributed by atoms with Gasteiger partial charge in [-0.1, -0.05) is 32.9 Å². The number of aromatic hydroxyl groups is 1. The van der Waals surface area contributed by atoms with Gasteiger partial charge in [-0.2, -0.15) is 0 Å². The second-order valence-electron chi connectivity index (χ2n) is 7.00. The number of aromatic carboxylic acids is 1. The van der Waals surface area contributed by atoms with Crippen molar-refractivity contribution in [3.05, 3.63) is 66.1 Å². The highest BCUT2D eigenvalue weighted by Crippen LogP contribution is 2.32. The molecule has 0 saturated heterocycles. The van der Waals surface area contributed by atoms with Crippen LogP contribution in [-0.4, -0.2) is 25.7 Å². The summed E-state index contributed by atoms with van der Waals surface area (Å²) in [4.78, 5) is 15.3. The van der Waals surface area contributed by atoms with Crippen LogP contribution in [0.15, 0.2) is 55.0 Å². The summed E-state index contributed by atoms with van der Waals surface area (Å²) in [5, 5.41) is 19.1. The number of rotatable bonds is 3. The number of imidazole rings is 1. The molecule has 5 heteroatoms. The van der Waals surface area contributed by atoms with Crippen LogP contribution in [-0.2, 0) is 5.41 Å². The minimum Gasteiger partial charge on any atom is -0.508 e. The summed E-state index contributed by atoms with van der Waals surface area (Å²) in [6.07, 6.45) is 3.59. The van der Waals surface area contributed by atoms with Crippen molar-refractivity contribution in [2.75, 3.05) is 0 Å². The van der Waals surface area contributed by atoms with Crippen LogP contribution in [0.2, 0.25) is 0 Å². The van der Waals surface area contributed by atoms with Gasteiger partial charge in [-0.25, -0.2) is 9.78 Å². The Morgan fingerprint density at radius 3 is 2.36 bits per heavy atom. The first kappa shape index (κ1) is 16.8. The van der Waals surface area contributed by atoms with E-state index in [-0.39, 0.29) is 16.7 Å². The van der Waals surface area contributed by atoms with Gasteiger partial charge in [0, 0.05) is 23.0 Å². The number of nitrogens with zero attached hydrogens (tertiary/aromatic N) is 2. The zero-order valence-electron chi connectivity index (χ0n) is 14.4. The van der Waals surface area contributed by atoms with Crippen molar-refractivity contribution in [2.45, 2.75) is 26.2 Å². The van der Waals surface area contributed by atoms with E-state index in [0.29, 0.717) is 0 Å². The Kier molecular flexibility index (Phi) is 4.08. The SMILES string of the molecule is CC(C)(C)c1cc(-n2cnc(-c3ccc(C(=O)O)cc3)c2)ccc1O. The molecule has 25 heavy (non-hydrogen) atoms. The van der Waals surface area contributed by atoms with E-state index in [1.54, 1.807) is 36.7 Å². The average molecular weight is 336 g/mol. The first-order valence-electron chi connectivity index (χ1n) is 7.97. The van der Waals surface area contributed by atoms with Crippen molar-refractivity contribution in [3.8, 4) is 22.7 Å². The van der Waals surface area contributed by atoms with Crippen molar-refractivity contribution in [3.63, 3.8) is 0 Å². The summed E-state index contributed by atoms with van der Waals surface area (Å²) in [6, 6.07) is 12.1. The van der Waals surface area contributed by atoms with Crippen LogP contribution in [0.1, 0.15) is 36.7 Å². The number of phenolic OH excluding ortho intramolecular Hbond substituents is 1. The van der Waals surface area contributed by atoms with Gasteiger partial charge in [0.1, 0.15) is 5.75 Å². The average Bonchev–Trinajstić information content (AvgIpc) is 3.04. The quantitative estimate of drug-likeness (QED) is 0.750. The minimum atomic E-state index is -0.948. The lowest BCUT2D eigenvalue weighted by Crippen LogP contribution is -2.11. The van der Waals surface area contributed by atoms with E-state index < -0.39 is 5.97 Å². The fourth-order valence-electron chi connectivity index (χ4n) is 2.68. The van der Waals surface area contributed by atoms with E-state index in [2.05, 4.69) is 25.8 Å². The highest BCUT2D eigenvalue weighted by atomic mass is 16.4. The lowest BCUT2D eigenvalue weighted by Gasteiger charge is -2.21. The molecule has 0 aliphatic heterocycles. The molecule has 0 aliphatic carbocycles. The number of aromatic nitrogens is 2. The van der Waals surface area contributed by atoms with Gasteiger partial charge in [-0.15, -0.1) is 0 Å². The molecule has 3 rings (SSSR count). The Balaban J connectivity index is 1.95. The predicted octanol–water partition coefficient (Wildman–Crippen LogP) is 4.24. The summed E-state index contributed by atoms with van der Waals surface area (Å²) >= 11 is 0. The van der Waals surface area contributed by atoms with E-state index in [1.165, 1.54) is 0 Å². The van der Waals surface area contributed by atoms with Crippen molar-refractivity contribution in [2.24, 2.45) is 0 Å². The second-order valence-corrected chi connectivity index (χ2v) is 7.00. The Labute approximate surface area is 146 Å². The van der Waals surface area contributed by atoms with Crippen molar-refractivity contribution < 1.29 is 15.0 Å². The van der Waals surface area contributed by atoms with Gasteiger partial charge < -0.3 is 14.8 Å². The molecule has 0 aliphatic rings. The van der Waals surface area contributed by atoms with Gasteiger partial charge in [0.25, 0.3) is 0 Å². The Morgan fingerprint density at radius 1 is 1.08 bits per heavy atom. The maximum atomic E-state index is 10.9. The number of hydrogen-bond donors (Lipinski definition) is 2. The molecule has 1 aromatic heterocycles. The van der Waals surface area contributed by atoms with Crippen LogP contribution in [0, 0.1) is 0 Å². The fourth-order valence-corrected chi connectivity index (χ4v) is 2.68. The summed E-state index contributed by atoms with van der Waals surface area (Å²) in [7, 11) is 0. The molecule has 5 nitrogen and oxygen atoms in total. The molecule has 2 aromatic carbocycles. The number of hydrogen-bond acceptors (Lipinski definition) is 3. The maximum absolute atomic E-state index is 10.9. The van der Waals surface area contributed by atoms with Crippen LogP contribution < -0.4 is 0 Å². The predicted molar refractivity (Wildman–Crippen MR) is 96.3 cm³/mol. The monoisotopic (exact) mass is 336 g/mol. The van der Waals surface area contributed by atoms with Crippen LogP contribution in [0.25, 0.3) is 16.9 Å². The van der Waals surface area contributed by atoms with E-state index >= 15 is 0 Å². The molecule has 0 atom stereocenters. The Morgan fingerprint density at radius 2 is 1.76 bits per heavy atom. The number of carbonyl (C=O) groups is 1. The van der Waals surface area contributed by atoms with Gasteiger partial charge in [0.15, 0.2) is 0 Å². The highest BCUT2D eigenvalue weighted by Gasteiger charge is 2.19. The largest absolute Gasteiger partial charge is 0.508 e. The van der Waals surface area contributed by atoms with Gasteiger partial charge in [0.2, 0.25) is 0 Å². The molecule has 1 heterocycles. The lowest BCUT2D eigenvalue weighted by molar-refractivity contribution is 0.0697. The number of phenols is 1. The summed E-state index contributed by atoms with van der Waals surface area (Å²) in [5.41, 5.74) is 3.45. The van der Waals surface area contributed by atoms with Crippen LogP contribution in [0.5, 0.6) is 5.75 Å². The molecule has 2 N–H and O–H groups in total. The first-order valence-corrected chi connectivity index (χ1v) is 7.97. The Bertz CT molecular complexity index is 919. The fraction of sp³-hybridized carbons (Fsp3) is 0.200. The molecule has 0 radical (unpaired) electrons. The van der Waals surface area contributed by atoms with Crippen molar-refractivity contribution >= 4 is 5.97 Å². The van der Waals surface area contributed by atoms with E-state index in [0.717, 1.165) is 22.5 Å². The zero-order valence-corrected chi connectivity index (χ0v) is 14.4. The minimum absolute atomic E-state index is 0.170.